The monoisotopic (exact) mass is 784 g/mol. The minimum Gasteiger partial charge on any atom is -0.456 e. The van der Waals surface area contributed by atoms with Crippen molar-refractivity contribution in [1.29, 1.82) is 0 Å². The van der Waals surface area contributed by atoms with Crippen LogP contribution in [-0.2, 0) is 0 Å². The van der Waals surface area contributed by atoms with Crippen LogP contribution in [0.3, 0.4) is 0 Å². The zero-order chi connectivity index (χ0) is 39.6. The molecule has 3 nitrogen and oxygen atoms in total. The van der Waals surface area contributed by atoms with Crippen molar-refractivity contribution in [3.05, 3.63) is 218 Å². The molecule has 0 unspecified atom stereocenters. The van der Waals surface area contributed by atoms with Gasteiger partial charge in [-0.3, -0.25) is 0 Å². The van der Waals surface area contributed by atoms with Gasteiger partial charge < -0.3 is 14.2 Å². The summed E-state index contributed by atoms with van der Waals surface area (Å²) in [5, 5.41) is 9.44. The third kappa shape index (κ3) is 5.57. The number of benzene rings is 10. The minimum absolute atomic E-state index is 0.842. The van der Waals surface area contributed by atoms with Crippen LogP contribution in [0.4, 0.5) is 34.1 Å². The fourth-order valence-corrected chi connectivity index (χ4v) is 10.4. The van der Waals surface area contributed by atoms with E-state index in [9.17, 15) is 0 Å². The third-order valence-corrected chi connectivity index (χ3v) is 13.0. The van der Waals surface area contributed by atoms with Gasteiger partial charge in [0.25, 0.3) is 0 Å². The van der Waals surface area contributed by atoms with Gasteiger partial charge in [0.15, 0.2) is 0 Å². The molecule has 2 aromatic heterocycles. The molecule has 0 aliphatic heterocycles. The van der Waals surface area contributed by atoms with Crippen molar-refractivity contribution in [3.8, 4) is 11.1 Å². The molecular formula is C56H36N2OS. The summed E-state index contributed by atoms with van der Waals surface area (Å²) >= 11 is 1.86. The first-order valence-corrected chi connectivity index (χ1v) is 21.2. The molecule has 0 saturated carbocycles. The lowest BCUT2D eigenvalue weighted by Gasteiger charge is -2.28. The Kier molecular flexibility index (Phi) is 8.03. The number of anilines is 6. The Labute approximate surface area is 351 Å². The van der Waals surface area contributed by atoms with E-state index in [1.807, 2.05) is 11.3 Å². The normalized spacial score (nSPS) is 11.7. The van der Waals surface area contributed by atoms with Crippen molar-refractivity contribution < 1.29 is 4.42 Å². The molecule has 0 aliphatic carbocycles. The van der Waals surface area contributed by atoms with E-state index in [-0.39, 0.29) is 0 Å². The Morgan fingerprint density at radius 2 is 0.950 bits per heavy atom. The van der Waals surface area contributed by atoms with Crippen LogP contribution in [0.1, 0.15) is 0 Å². The van der Waals surface area contributed by atoms with Crippen molar-refractivity contribution in [2.45, 2.75) is 0 Å². The lowest BCUT2D eigenvalue weighted by molar-refractivity contribution is 0.669. The number of fused-ring (bicyclic) bond motifs is 8. The van der Waals surface area contributed by atoms with Gasteiger partial charge in [-0.2, -0.15) is 0 Å². The molecule has 10 aromatic carbocycles. The quantitative estimate of drug-likeness (QED) is 0.160. The number of furan rings is 1. The van der Waals surface area contributed by atoms with Crippen LogP contribution in [0.2, 0.25) is 0 Å². The van der Waals surface area contributed by atoms with Crippen LogP contribution >= 0.6 is 11.3 Å². The van der Waals surface area contributed by atoms with Gasteiger partial charge in [0.2, 0.25) is 0 Å². The van der Waals surface area contributed by atoms with Gasteiger partial charge >= 0.3 is 0 Å². The lowest BCUT2D eigenvalue weighted by atomic mass is 10.00. The largest absolute Gasteiger partial charge is 0.456 e. The minimum atomic E-state index is 0.842. The van der Waals surface area contributed by atoms with Crippen LogP contribution < -0.4 is 9.80 Å². The van der Waals surface area contributed by atoms with E-state index in [0.29, 0.717) is 0 Å². The highest BCUT2D eigenvalue weighted by molar-refractivity contribution is 7.26. The van der Waals surface area contributed by atoms with Gasteiger partial charge in [-0.25, -0.2) is 0 Å². The molecule has 4 heteroatoms. The molecule has 2 heterocycles. The molecule has 0 radical (unpaired) electrons. The van der Waals surface area contributed by atoms with Crippen molar-refractivity contribution in [2.75, 3.05) is 9.80 Å². The molecule has 0 aliphatic rings. The molecule has 0 spiro atoms. The topological polar surface area (TPSA) is 19.6 Å². The first-order valence-electron chi connectivity index (χ1n) is 20.3. The first-order chi connectivity index (χ1) is 29.8. The maximum atomic E-state index is 6.78. The summed E-state index contributed by atoms with van der Waals surface area (Å²) < 4.78 is 9.33. The Morgan fingerprint density at radius 3 is 1.68 bits per heavy atom. The number of rotatable bonds is 7. The van der Waals surface area contributed by atoms with Gasteiger partial charge in [-0.15, -0.1) is 11.3 Å². The smallest absolute Gasteiger partial charge is 0.137 e. The molecule has 0 N–H and O–H groups in total. The SMILES string of the molecule is c1ccc(-c2ccc(N(c3ccccc3)c3ccc4c(c3)oc3ccc(N(c5cccc6ccccc56)c5cccc6ccccc56)cc34)c3c2sc2ccccc23)cc1. The molecule has 12 rings (SSSR count). The predicted octanol–water partition coefficient (Wildman–Crippen LogP) is 16.9. The van der Waals surface area contributed by atoms with E-state index in [1.54, 1.807) is 0 Å². The molecule has 12 aromatic rings. The highest BCUT2D eigenvalue weighted by Crippen LogP contribution is 2.49. The van der Waals surface area contributed by atoms with Gasteiger partial charge in [0.1, 0.15) is 11.2 Å². The summed E-state index contributed by atoms with van der Waals surface area (Å²) in [6.07, 6.45) is 0. The summed E-state index contributed by atoms with van der Waals surface area (Å²) in [5.74, 6) is 0. The van der Waals surface area contributed by atoms with Crippen LogP contribution in [0.15, 0.2) is 223 Å². The fourth-order valence-electron chi connectivity index (χ4n) is 9.09. The maximum Gasteiger partial charge on any atom is 0.137 e. The number of nitrogens with zero attached hydrogens (tertiary/aromatic N) is 2. The van der Waals surface area contributed by atoms with Gasteiger partial charge in [-0.05, 0) is 88.6 Å². The number of para-hydroxylation sites is 1. The molecule has 0 amide bonds. The van der Waals surface area contributed by atoms with Crippen LogP contribution in [0.5, 0.6) is 0 Å². The second kappa shape index (κ2) is 14.0. The third-order valence-electron chi connectivity index (χ3n) is 11.8. The van der Waals surface area contributed by atoms with Crippen LogP contribution in [-0.4, -0.2) is 0 Å². The van der Waals surface area contributed by atoms with E-state index >= 15 is 0 Å². The Hall–Kier alpha value is -7.66. The summed E-state index contributed by atoms with van der Waals surface area (Å²) in [7, 11) is 0. The van der Waals surface area contributed by atoms with Crippen molar-refractivity contribution >= 4 is 109 Å². The highest BCUT2D eigenvalue weighted by Gasteiger charge is 2.23. The molecule has 0 bridgehead atoms. The number of hydrogen-bond donors (Lipinski definition) is 0. The Balaban J connectivity index is 1.05. The van der Waals surface area contributed by atoms with E-state index < -0.39 is 0 Å². The maximum absolute atomic E-state index is 6.78. The van der Waals surface area contributed by atoms with Crippen LogP contribution in [0.25, 0.3) is 74.8 Å². The summed E-state index contributed by atoms with van der Waals surface area (Å²) in [4.78, 5) is 4.79. The average Bonchev–Trinajstić information content (AvgIpc) is 3.89. The predicted molar refractivity (Wildman–Crippen MR) is 256 cm³/mol. The number of hydrogen-bond acceptors (Lipinski definition) is 4. The Morgan fingerprint density at radius 1 is 0.350 bits per heavy atom. The molecule has 0 atom stereocenters. The van der Waals surface area contributed by atoms with Gasteiger partial charge in [0, 0.05) is 64.8 Å². The number of thiophene rings is 1. The van der Waals surface area contributed by atoms with Crippen molar-refractivity contribution in [3.63, 3.8) is 0 Å². The highest BCUT2D eigenvalue weighted by atomic mass is 32.1. The van der Waals surface area contributed by atoms with Gasteiger partial charge in [-0.1, -0.05) is 146 Å². The van der Waals surface area contributed by atoms with E-state index in [4.69, 9.17) is 4.42 Å². The summed E-state index contributed by atoms with van der Waals surface area (Å²) in [6, 6.07) is 78.5. The van der Waals surface area contributed by atoms with E-state index in [1.165, 1.54) is 52.8 Å². The molecule has 60 heavy (non-hydrogen) atoms. The second-order valence-corrected chi connectivity index (χ2v) is 16.3. The molecule has 282 valence electrons. The van der Waals surface area contributed by atoms with Crippen molar-refractivity contribution in [1.82, 2.24) is 0 Å². The molecule has 0 fully saturated rings. The van der Waals surface area contributed by atoms with Crippen LogP contribution in [0, 0.1) is 0 Å². The zero-order valence-electron chi connectivity index (χ0n) is 32.5. The summed E-state index contributed by atoms with van der Waals surface area (Å²) in [6.45, 7) is 0. The zero-order valence-corrected chi connectivity index (χ0v) is 33.3. The molecular weight excluding hydrogens is 749 g/mol. The second-order valence-electron chi connectivity index (χ2n) is 15.3. The van der Waals surface area contributed by atoms with E-state index in [0.717, 1.165) is 56.1 Å². The van der Waals surface area contributed by atoms with E-state index in [2.05, 4.69) is 228 Å². The standard InChI is InChI=1S/C56H36N2OS/c1-3-15-39(16-4-1)45-32-33-51(55-47-25-11-12-28-54(47)60-56(45)55)57(40-21-5-2-6-22-40)42-29-31-46-48-35-41(30-34-52(48)59-53(46)36-42)58(49-26-13-19-37-17-7-9-23-43(37)49)50-27-14-20-38-18-8-10-24-44(38)50/h1-36H. The Bertz CT molecular complexity index is 3480. The molecule has 0 saturated heterocycles. The fraction of sp³-hybridized carbons (Fsp3) is 0. The first kappa shape index (κ1) is 34.4. The average molecular weight is 785 g/mol. The van der Waals surface area contributed by atoms with Gasteiger partial charge in [0.05, 0.1) is 17.1 Å². The lowest BCUT2D eigenvalue weighted by Crippen LogP contribution is -2.11. The summed E-state index contributed by atoms with van der Waals surface area (Å²) in [5.41, 5.74) is 10.7. The van der Waals surface area contributed by atoms with Crippen molar-refractivity contribution in [2.24, 2.45) is 0 Å².